The lowest BCUT2D eigenvalue weighted by Gasteiger charge is -2.26. The molecule has 0 unspecified atom stereocenters. The van der Waals surface area contributed by atoms with E-state index in [1.807, 2.05) is 71.7 Å². The molecule has 2 aliphatic carbocycles. The standard InChI is InChI=1S/C46H46N4O7S2/c1-53-41-20-18-36(23-43(41)55-38-10-3-4-11-38)49(26-33-28-58-30-48-33)35-9-7-8-32(22-35)46(52)57-45(51)31-14-16-34(17-15-31)50(27-40-25-47-29-59-40)37-19-21-42(54-2)44(24-37)56-39-12-5-6-13-39/h7-9,14-25,28-30,38-39H,3-6,10-13,26-27H2,1-2H3. The number of hydrogen-bond acceptors (Lipinski definition) is 13. The fourth-order valence-corrected chi connectivity index (χ4v) is 8.75. The van der Waals surface area contributed by atoms with Crippen molar-refractivity contribution in [2.24, 2.45) is 0 Å². The van der Waals surface area contributed by atoms with Crippen molar-refractivity contribution in [3.05, 3.63) is 129 Å². The number of benzene rings is 4. The van der Waals surface area contributed by atoms with Crippen molar-refractivity contribution in [3.8, 4) is 23.0 Å². The second-order valence-corrected chi connectivity index (χ2v) is 16.3. The molecule has 0 aliphatic heterocycles. The van der Waals surface area contributed by atoms with Crippen LogP contribution < -0.4 is 28.7 Å². The van der Waals surface area contributed by atoms with E-state index in [1.165, 1.54) is 11.3 Å². The van der Waals surface area contributed by atoms with Gasteiger partial charge in [-0.25, -0.2) is 14.6 Å². The topological polar surface area (TPSA) is 113 Å². The van der Waals surface area contributed by atoms with Crippen LogP contribution in [0.1, 0.15) is 82.7 Å². The van der Waals surface area contributed by atoms with Gasteiger partial charge < -0.3 is 33.5 Å². The molecular formula is C46H46N4O7S2. The zero-order valence-electron chi connectivity index (χ0n) is 33.1. The predicted octanol–water partition coefficient (Wildman–Crippen LogP) is 10.9. The number of anilines is 4. The number of aromatic nitrogens is 2. The molecule has 2 heterocycles. The molecule has 0 bridgehead atoms. The summed E-state index contributed by atoms with van der Waals surface area (Å²) in [6.45, 7) is 0.983. The maximum atomic E-state index is 13.6. The van der Waals surface area contributed by atoms with E-state index in [9.17, 15) is 9.59 Å². The van der Waals surface area contributed by atoms with Crippen LogP contribution in [0.5, 0.6) is 23.0 Å². The third-order valence-corrected chi connectivity index (χ3v) is 12.1. The number of methoxy groups -OCH3 is 2. The van der Waals surface area contributed by atoms with Gasteiger partial charge in [-0.1, -0.05) is 6.07 Å². The van der Waals surface area contributed by atoms with Crippen LogP contribution in [0.4, 0.5) is 22.7 Å². The van der Waals surface area contributed by atoms with E-state index < -0.39 is 11.9 Å². The number of ether oxygens (including phenoxy) is 5. The van der Waals surface area contributed by atoms with Crippen LogP contribution in [0.15, 0.2) is 108 Å². The van der Waals surface area contributed by atoms with Gasteiger partial charge in [-0.3, -0.25) is 4.98 Å². The minimum absolute atomic E-state index is 0.142. The lowest BCUT2D eigenvalue weighted by atomic mass is 10.1. The Morgan fingerprint density at radius 2 is 1.22 bits per heavy atom. The van der Waals surface area contributed by atoms with Gasteiger partial charge in [0.25, 0.3) is 0 Å². The summed E-state index contributed by atoms with van der Waals surface area (Å²) in [7, 11) is 3.28. The van der Waals surface area contributed by atoms with Crippen LogP contribution in [0.2, 0.25) is 0 Å². The molecule has 59 heavy (non-hydrogen) atoms. The Labute approximate surface area is 352 Å². The molecular weight excluding hydrogens is 785 g/mol. The van der Waals surface area contributed by atoms with Crippen molar-refractivity contribution >= 4 is 57.4 Å². The van der Waals surface area contributed by atoms with Crippen molar-refractivity contribution in [3.63, 3.8) is 0 Å². The summed E-state index contributed by atoms with van der Waals surface area (Å²) in [5, 5.41) is 1.99. The Kier molecular flexibility index (Phi) is 12.7. The zero-order chi connectivity index (χ0) is 40.6. The maximum absolute atomic E-state index is 13.6. The molecule has 13 heteroatoms. The Bertz CT molecular complexity index is 2320. The van der Waals surface area contributed by atoms with Crippen molar-refractivity contribution in [2.45, 2.75) is 76.7 Å². The monoisotopic (exact) mass is 830 g/mol. The predicted molar refractivity (Wildman–Crippen MR) is 230 cm³/mol. The molecule has 2 saturated carbocycles. The van der Waals surface area contributed by atoms with Crippen molar-refractivity contribution < 1.29 is 33.3 Å². The Morgan fingerprint density at radius 3 is 1.78 bits per heavy atom. The van der Waals surface area contributed by atoms with Crippen molar-refractivity contribution in [2.75, 3.05) is 24.0 Å². The van der Waals surface area contributed by atoms with E-state index in [0.29, 0.717) is 36.1 Å². The number of esters is 2. The van der Waals surface area contributed by atoms with Gasteiger partial charge in [-0.15, -0.1) is 22.7 Å². The van der Waals surface area contributed by atoms with E-state index in [4.69, 9.17) is 23.7 Å². The summed E-state index contributed by atoms with van der Waals surface area (Å²) in [5.41, 5.74) is 8.24. The smallest absolute Gasteiger partial charge is 0.346 e. The van der Waals surface area contributed by atoms with Crippen LogP contribution in [0, 0.1) is 0 Å². The molecule has 2 aliphatic rings. The van der Waals surface area contributed by atoms with E-state index in [1.54, 1.807) is 61.4 Å². The van der Waals surface area contributed by atoms with Crippen LogP contribution in [-0.4, -0.2) is 48.3 Å². The number of hydrogen-bond donors (Lipinski definition) is 0. The highest BCUT2D eigenvalue weighted by atomic mass is 32.1. The lowest BCUT2D eigenvalue weighted by Crippen LogP contribution is -2.19. The number of carbonyl (C=O) groups is 2. The average molecular weight is 831 g/mol. The van der Waals surface area contributed by atoms with E-state index in [0.717, 1.165) is 84.7 Å². The Balaban J connectivity index is 1.01. The van der Waals surface area contributed by atoms with E-state index in [-0.39, 0.29) is 23.3 Å². The largest absolute Gasteiger partial charge is 0.493 e. The third-order valence-electron chi connectivity index (χ3n) is 10.7. The van der Waals surface area contributed by atoms with Crippen molar-refractivity contribution in [1.82, 2.24) is 9.97 Å². The molecule has 0 radical (unpaired) electrons. The summed E-state index contributed by atoms with van der Waals surface area (Å²) < 4.78 is 29.6. The second kappa shape index (κ2) is 18.8. The Hall–Kier alpha value is -5.92. The fraction of sp³-hybridized carbons (Fsp3) is 0.304. The second-order valence-electron chi connectivity index (χ2n) is 14.6. The zero-order valence-corrected chi connectivity index (χ0v) is 34.7. The van der Waals surface area contributed by atoms with Gasteiger partial charge in [-0.05, 0) is 118 Å². The summed E-state index contributed by atoms with van der Waals surface area (Å²) in [6, 6.07) is 25.8. The van der Waals surface area contributed by atoms with Crippen LogP contribution in [0.3, 0.4) is 0 Å². The molecule has 0 N–H and O–H groups in total. The molecule has 304 valence electrons. The average Bonchev–Trinajstić information content (AvgIpc) is 4.13. The van der Waals surface area contributed by atoms with E-state index in [2.05, 4.69) is 19.8 Å². The van der Waals surface area contributed by atoms with Gasteiger partial charge in [-0.2, -0.15) is 0 Å². The quantitative estimate of drug-likeness (QED) is 0.0686. The summed E-state index contributed by atoms with van der Waals surface area (Å²) >= 11 is 3.08. The number of carbonyl (C=O) groups excluding carboxylic acids is 2. The molecule has 0 atom stereocenters. The van der Waals surface area contributed by atoms with Gasteiger partial charge in [0, 0.05) is 51.3 Å². The first-order valence-electron chi connectivity index (χ1n) is 19.9. The first kappa shape index (κ1) is 39.9. The van der Waals surface area contributed by atoms with E-state index >= 15 is 0 Å². The van der Waals surface area contributed by atoms with Gasteiger partial charge in [0.05, 0.1) is 67.4 Å². The maximum Gasteiger partial charge on any atom is 0.346 e. The number of thiazole rings is 2. The van der Waals surface area contributed by atoms with Gasteiger partial charge in [0.1, 0.15) is 0 Å². The molecule has 11 nitrogen and oxygen atoms in total. The highest BCUT2D eigenvalue weighted by Crippen LogP contribution is 2.40. The molecule has 0 spiro atoms. The molecule has 0 amide bonds. The normalized spacial score (nSPS) is 14.2. The summed E-state index contributed by atoms with van der Waals surface area (Å²) in [6.07, 6.45) is 10.8. The number of rotatable bonds is 16. The minimum atomic E-state index is -0.755. The highest BCUT2D eigenvalue weighted by molar-refractivity contribution is 7.09. The van der Waals surface area contributed by atoms with Crippen LogP contribution in [0.25, 0.3) is 0 Å². The van der Waals surface area contributed by atoms with Crippen LogP contribution in [-0.2, 0) is 17.8 Å². The highest BCUT2D eigenvalue weighted by Gasteiger charge is 2.24. The van der Waals surface area contributed by atoms with Crippen molar-refractivity contribution in [1.29, 1.82) is 0 Å². The Morgan fingerprint density at radius 1 is 0.644 bits per heavy atom. The lowest BCUT2D eigenvalue weighted by molar-refractivity contribution is 0.0397. The van der Waals surface area contributed by atoms with Crippen LogP contribution >= 0.6 is 22.7 Å². The third kappa shape index (κ3) is 9.69. The minimum Gasteiger partial charge on any atom is -0.493 e. The molecule has 2 aromatic heterocycles. The molecule has 8 rings (SSSR count). The molecule has 4 aromatic carbocycles. The fourth-order valence-electron chi connectivity index (χ4n) is 7.62. The number of nitrogens with zero attached hydrogens (tertiary/aromatic N) is 4. The molecule has 2 fully saturated rings. The summed E-state index contributed by atoms with van der Waals surface area (Å²) in [5.74, 6) is 1.20. The SMILES string of the molecule is COc1ccc(N(Cc2cscn2)c2cccc(C(=O)OC(=O)c3ccc(N(Cc4cncs4)c4ccc(OC)c(OC5CCCC5)c4)cc3)c2)cc1OC1CCCC1. The van der Waals surface area contributed by atoms with Gasteiger partial charge >= 0.3 is 11.9 Å². The first-order chi connectivity index (χ1) is 28.9. The first-order valence-corrected chi connectivity index (χ1v) is 21.7. The van der Waals surface area contributed by atoms with Gasteiger partial charge in [0.2, 0.25) is 0 Å². The molecule has 6 aromatic rings. The molecule has 0 saturated heterocycles. The van der Waals surface area contributed by atoms with Gasteiger partial charge in [0.15, 0.2) is 23.0 Å². The summed E-state index contributed by atoms with van der Waals surface area (Å²) in [4.78, 5) is 41.1.